The first kappa shape index (κ1) is 14.0. The summed E-state index contributed by atoms with van der Waals surface area (Å²) in [5, 5.41) is 11.7. The van der Waals surface area contributed by atoms with E-state index in [1.165, 1.54) is 43.6 Å². The molecule has 0 bridgehead atoms. The van der Waals surface area contributed by atoms with Crippen molar-refractivity contribution in [3.63, 3.8) is 0 Å². The number of Topliss-reactive ketones (excluding diaryl/α,β-unsaturated/α-hetero) is 1. The molecule has 104 valence electrons. The lowest BCUT2D eigenvalue weighted by Gasteiger charge is -2.31. The molecule has 1 aliphatic carbocycles. The molecule has 1 heterocycles. The molecule has 0 aromatic carbocycles. The minimum Gasteiger partial charge on any atom is -0.358 e. The third kappa shape index (κ3) is 2.94. The molecule has 0 amide bonds. The van der Waals surface area contributed by atoms with Crippen LogP contribution in [0.4, 0.5) is 10.7 Å². The van der Waals surface area contributed by atoms with Gasteiger partial charge in [-0.3, -0.25) is 14.9 Å². The average molecular weight is 282 g/mol. The lowest BCUT2D eigenvalue weighted by Crippen LogP contribution is -2.33. The number of anilines is 1. The second-order valence-corrected chi connectivity index (χ2v) is 6.05. The number of thiophene rings is 1. The van der Waals surface area contributed by atoms with Gasteiger partial charge in [0.05, 0.1) is 9.80 Å². The zero-order valence-corrected chi connectivity index (χ0v) is 12.0. The van der Waals surface area contributed by atoms with Crippen LogP contribution in [0.5, 0.6) is 0 Å². The summed E-state index contributed by atoms with van der Waals surface area (Å²) >= 11 is 1.23. The minimum atomic E-state index is -0.391. The fourth-order valence-corrected chi connectivity index (χ4v) is 3.62. The number of hydrogen-bond donors (Lipinski definition) is 0. The summed E-state index contributed by atoms with van der Waals surface area (Å²) in [7, 11) is 1.90. The summed E-state index contributed by atoms with van der Waals surface area (Å²) < 4.78 is 0. The predicted octanol–water partition coefficient (Wildman–Crippen LogP) is 3.63. The Bertz CT molecular complexity index is 492. The fraction of sp³-hybridized carbons (Fsp3) is 0.615. The van der Waals surface area contributed by atoms with Gasteiger partial charge in [0.15, 0.2) is 10.8 Å². The largest absolute Gasteiger partial charge is 0.358 e. The zero-order valence-electron chi connectivity index (χ0n) is 11.2. The van der Waals surface area contributed by atoms with E-state index in [1.54, 1.807) is 0 Å². The van der Waals surface area contributed by atoms with Gasteiger partial charge in [-0.2, -0.15) is 0 Å². The topological polar surface area (TPSA) is 63.4 Å². The third-order valence-electron chi connectivity index (χ3n) is 3.68. The molecule has 1 saturated carbocycles. The Balaban J connectivity index is 2.30. The quantitative estimate of drug-likeness (QED) is 0.480. The number of nitro groups is 1. The Hall–Kier alpha value is -1.43. The van der Waals surface area contributed by atoms with E-state index < -0.39 is 4.92 Å². The molecule has 0 N–H and O–H groups in total. The molecule has 0 atom stereocenters. The Kier molecular flexibility index (Phi) is 4.19. The van der Waals surface area contributed by atoms with E-state index >= 15 is 0 Å². The highest BCUT2D eigenvalue weighted by Crippen LogP contribution is 2.39. The molecular weight excluding hydrogens is 264 g/mol. The van der Waals surface area contributed by atoms with Gasteiger partial charge in [0.2, 0.25) is 0 Å². The maximum atomic E-state index is 11.4. The molecule has 0 radical (unpaired) electrons. The Morgan fingerprint density at radius 1 is 1.42 bits per heavy atom. The van der Waals surface area contributed by atoms with Crippen LogP contribution in [0.1, 0.15) is 48.7 Å². The van der Waals surface area contributed by atoms with Gasteiger partial charge in [-0.25, -0.2) is 0 Å². The standard InChI is InChI=1S/C13H18N2O3S/c1-9(16)12-8-11(15(17)18)13(19-12)14(2)10-6-4-3-5-7-10/h8,10H,3-7H2,1-2H3. The van der Waals surface area contributed by atoms with E-state index in [0.29, 0.717) is 15.9 Å². The number of carbonyl (C=O) groups excluding carboxylic acids is 1. The summed E-state index contributed by atoms with van der Waals surface area (Å²) in [5.74, 6) is -0.114. The lowest BCUT2D eigenvalue weighted by molar-refractivity contribution is -0.383. The normalized spacial score (nSPS) is 16.3. The van der Waals surface area contributed by atoms with Crippen LogP contribution in [0.3, 0.4) is 0 Å². The van der Waals surface area contributed by atoms with Crippen LogP contribution in [-0.4, -0.2) is 23.8 Å². The van der Waals surface area contributed by atoms with Crippen LogP contribution in [0.25, 0.3) is 0 Å². The molecule has 1 aromatic heterocycles. The maximum Gasteiger partial charge on any atom is 0.304 e. The molecule has 5 nitrogen and oxygen atoms in total. The van der Waals surface area contributed by atoms with Crippen molar-refractivity contribution in [3.8, 4) is 0 Å². The highest BCUT2D eigenvalue weighted by Gasteiger charge is 2.28. The zero-order chi connectivity index (χ0) is 14.0. The van der Waals surface area contributed by atoms with Crippen molar-refractivity contribution in [1.82, 2.24) is 0 Å². The van der Waals surface area contributed by atoms with E-state index in [2.05, 4.69) is 0 Å². The van der Waals surface area contributed by atoms with Gasteiger partial charge in [-0.05, 0) is 19.8 Å². The number of rotatable bonds is 4. The molecule has 0 unspecified atom stereocenters. The van der Waals surface area contributed by atoms with Crippen molar-refractivity contribution >= 4 is 27.8 Å². The molecule has 0 saturated heterocycles. The first-order valence-corrected chi connectivity index (χ1v) is 7.34. The number of carbonyl (C=O) groups is 1. The summed E-state index contributed by atoms with van der Waals surface area (Å²) in [4.78, 5) is 24.6. The molecule has 0 spiro atoms. The smallest absolute Gasteiger partial charge is 0.304 e. The first-order valence-electron chi connectivity index (χ1n) is 6.52. The second-order valence-electron chi connectivity index (χ2n) is 5.02. The van der Waals surface area contributed by atoms with Crippen molar-refractivity contribution in [2.75, 3.05) is 11.9 Å². The van der Waals surface area contributed by atoms with E-state index in [1.807, 2.05) is 11.9 Å². The van der Waals surface area contributed by atoms with Gasteiger partial charge in [0.1, 0.15) is 0 Å². The van der Waals surface area contributed by atoms with Crippen LogP contribution >= 0.6 is 11.3 Å². The van der Waals surface area contributed by atoms with Gasteiger partial charge in [0.25, 0.3) is 0 Å². The van der Waals surface area contributed by atoms with Crippen LogP contribution in [0.15, 0.2) is 6.07 Å². The third-order valence-corrected chi connectivity index (χ3v) is 5.00. The predicted molar refractivity (Wildman–Crippen MR) is 76.3 cm³/mol. The second kappa shape index (κ2) is 5.69. The highest BCUT2D eigenvalue weighted by atomic mass is 32.1. The van der Waals surface area contributed by atoms with E-state index in [4.69, 9.17) is 0 Å². The van der Waals surface area contributed by atoms with E-state index in [0.717, 1.165) is 12.8 Å². The Labute approximate surface area is 116 Å². The maximum absolute atomic E-state index is 11.4. The average Bonchev–Trinajstić information content (AvgIpc) is 2.84. The number of ketones is 1. The summed E-state index contributed by atoms with van der Waals surface area (Å²) in [6.45, 7) is 1.44. The Morgan fingerprint density at radius 3 is 2.58 bits per heavy atom. The first-order chi connectivity index (χ1) is 9.00. The molecule has 1 aliphatic rings. The summed E-state index contributed by atoms with van der Waals surface area (Å²) in [6.07, 6.45) is 5.74. The van der Waals surface area contributed by atoms with Crippen molar-refractivity contribution < 1.29 is 9.72 Å². The number of nitrogens with zero attached hydrogens (tertiary/aromatic N) is 2. The molecule has 0 aliphatic heterocycles. The highest BCUT2D eigenvalue weighted by molar-refractivity contribution is 7.18. The Morgan fingerprint density at radius 2 is 2.05 bits per heavy atom. The van der Waals surface area contributed by atoms with Crippen molar-refractivity contribution in [1.29, 1.82) is 0 Å². The molecule has 1 fully saturated rings. The van der Waals surface area contributed by atoms with Gasteiger partial charge in [-0.1, -0.05) is 19.3 Å². The van der Waals surface area contributed by atoms with Gasteiger partial charge >= 0.3 is 5.69 Å². The molecule has 2 rings (SSSR count). The van der Waals surface area contributed by atoms with Crippen molar-refractivity contribution in [2.24, 2.45) is 0 Å². The van der Waals surface area contributed by atoms with Crippen LogP contribution in [-0.2, 0) is 0 Å². The van der Waals surface area contributed by atoms with Gasteiger partial charge in [0, 0.05) is 19.2 Å². The van der Waals surface area contributed by atoms with Crippen LogP contribution < -0.4 is 4.90 Å². The van der Waals surface area contributed by atoms with Crippen LogP contribution in [0, 0.1) is 10.1 Å². The molecule has 19 heavy (non-hydrogen) atoms. The minimum absolute atomic E-state index is 0.0586. The SMILES string of the molecule is CC(=O)c1cc([N+](=O)[O-])c(N(C)C2CCCCC2)s1. The van der Waals surface area contributed by atoms with Crippen LogP contribution in [0.2, 0.25) is 0 Å². The number of hydrogen-bond acceptors (Lipinski definition) is 5. The molecular formula is C13H18N2O3S. The summed E-state index contributed by atoms with van der Waals surface area (Å²) in [5.41, 5.74) is 0.0586. The van der Waals surface area contributed by atoms with Crippen molar-refractivity contribution in [3.05, 3.63) is 21.1 Å². The van der Waals surface area contributed by atoms with E-state index in [9.17, 15) is 14.9 Å². The van der Waals surface area contributed by atoms with E-state index in [-0.39, 0.29) is 11.5 Å². The summed E-state index contributed by atoms with van der Waals surface area (Å²) in [6, 6.07) is 1.76. The van der Waals surface area contributed by atoms with Gasteiger partial charge < -0.3 is 4.90 Å². The van der Waals surface area contributed by atoms with Gasteiger partial charge in [-0.15, -0.1) is 11.3 Å². The monoisotopic (exact) mass is 282 g/mol. The van der Waals surface area contributed by atoms with Crippen molar-refractivity contribution in [2.45, 2.75) is 45.1 Å². The fourth-order valence-electron chi connectivity index (χ4n) is 2.56. The molecule has 1 aromatic rings. The lowest BCUT2D eigenvalue weighted by atomic mass is 9.94. The molecule has 6 heteroatoms.